The molecule has 6 nitrogen and oxygen atoms in total. The van der Waals surface area contributed by atoms with Crippen molar-refractivity contribution in [2.75, 3.05) is 10.6 Å². The van der Waals surface area contributed by atoms with Crippen LogP contribution < -0.4 is 15.4 Å². The average Bonchev–Trinajstić information content (AvgIpc) is 3.13. The SMILES string of the molecule is O=C(Nc1cccc(NC(=O)[C@H]2Cc3ccccc3O2)c1)c1ccncc1. The van der Waals surface area contributed by atoms with E-state index in [0.717, 1.165) is 11.3 Å². The highest BCUT2D eigenvalue weighted by atomic mass is 16.5. The number of nitrogens with one attached hydrogen (secondary N) is 2. The summed E-state index contributed by atoms with van der Waals surface area (Å²) in [4.78, 5) is 28.6. The number of amides is 2. The molecule has 0 fully saturated rings. The molecule has 4 rings (SSSR count). The van der Waals surface area contributed by atoms with E-state index in [2.05, 4.69) is 15.6 Å². The van der Waals surface area contributed by atoms with Crippen LogP contribution >= 0.6 is 0 Å². The molecule has 0 saturated heterocycles. The fourth-order valence-electron chi connectivity index (χ4n) is 2.93. The summed E-state index contributed by atoms with van der Waals surface area (Å²) in [6.07, 6.45) is 3.11. The maximum atomic E-state index is 12.5. The molecule has 2 amide bonds. The summed E-state index contributed by atoms with van der Waals surface area (Å²) < 4.78 is 5.71. The molecular formula is C21H17N3O3. The molecule has 0 radical (unpaired) electrons. The van der Waals surface area contributed by atoms with Crippen LogP contribution in [0, 0.1) is 0 Å². The third kappa shape index (κ3) is 3.79. The number of fused-ring (bicyclic) bond motifs is 1. The highest BCUT2D eigenvalue weighted by Crippen LogP contribution is 2.28. The van der Waals surface area contributed by atoms with Crippen LogP contribution in [0.15, 0.2) is 73.1 Å². The topological polar surface area (TPSA) is 80.3 Å². The molecule has 1 aromatic heterocycles. The Hall–Kier alpha value is -3.67. The quantitative estimate of drug-likeness (QED) is 0.749. The third-order valence-corrected chi connectivity index (χ3v) is 4.27. The molecule has 1 aliphatic heterocycles. The van der Waals surface area contributed by atoms with Crippen molar-refractivity contribution in [3.05, 3.63) is 84.2 Å². The summed E-state index contributed by atoms with van der Waals surface area (Å²) in [5, 5.41) is 5.65. The van der Waals surface area contributed by atoms with E-state index in [4.69, 9.17) is 4.74 Å². The van der Waals surface area contributed by atoms with Crippen molar-refractivity contribution in [2.45, 2.75) is 12.5 Å². The van der Waals surface area contributed by atoms with Crippen LogP contribution in [0.2, 0.25) is 0 Å². The van der Waals surface area contributed by atoms with Crippen LogP contribution in [0.5, 0.6) is 5.75 Å². The van der Waals surface area contributed by atoms with Crippen molar-refractivity contribution in [2.24, 2.45) is 0 Å². The van der Waals surface area contributed by atoms with Gasteiger partial charge in [0.1, 0.15) is 5.75 Å². The predicted octanol–water partition coefficient (Wildman–Crippen LogP) is 3.28. The maximum Gasteiger partial charge on any atom is 0.265 e. The molecule has 0 saturated carbocycles. The van der Waals surface area contributed by atoms with E-state index in [1.165, 1.54) is 0 Å². The predicted molar refractivity (Wildman–Crippen MR) is 102 cm³/mol. The van der Waals surface area contributed by atoms with Gasteiger partial charge < -0.3 is 15.4 Å². The number of benzene rings is 2. The van der Waals surface area contributed by atoms with E-state index in [9.17, 15) is 9.59 Å². The molecule has 2 heterocycles. The average molecular weight is 359 g/mol. The van der Waals surface area contributed by atoms with Crippen molar-refractivity contribution in [3.8, 4) is 5.75 Å². The first-order valence-electron chi connectivity index (χ1n) is 8.56. The van der Waals surface area contributed by atoms with Gasteiger partial charge in [0, 0.05) is 35.8 Å². The maximum absolute atomic E-state index is 12.5. The molecule has 1 aliphatic rings. The van der Waals surface area contributed by atoms with Crippen molar-refractivity contribution in [3.63, 3.8) is 0 Å². The van der Waals surface area contributed by atoms with Crippen molar-refractivity contribution in [1.29, 1.82) is 0 Å². The second-order valence-electron chi connectivity index (χ2n) is 6.18. The largest absolute Gasteiger partial charge is 0.480 e. The minimum Gasteiger partial charge on any atom is -0.480 e. The number of anilines is 2. The first kappa shape index (κ1) is 16.8. The highest BCUT2D eigenvalue weighted by Gasteiger charge is 2.28. The fraction of sp³-hybridized carbons (Fsp3) is 0.0952. The van der Waals surface area contributed by atoms with Gasteiger partial charge >= 0.3 is 0 Å². The Labute approximate surface area is 156 Å². The summed E-state index contributed by atoms with van der Waals surface area (Å²) in [7, 11) is 0. The molecule has 0 bridgehead atoms. The van der Waals surface area contributed by atoms with Crippen LogP contribution in [-0.4, -0.2) is 22.9 Å². The smallest absolute Gasteiger partial charge is 0.265 e. The van der Waals surface area contributed by atoms with Crippen molar-refractivity contribution in [1.82, 2.24) is 4.98 Å². The van der Waals surface area contributed by atoms with Gasteiger partial charge in [-0.25, -0.2) is 0 Å². The number of aromatic nitrogens is 1. The number of rotatable bonds is 4. The molecule has 2 aromatic carbocycles. The molecular weight excluding hydrogens is 342 g/mol. The number of nitrogens with zero attached hydrogens (tertiary/aromatic N) is 1. The Morgan fingerprint density at radius 1 is 0.926 bits per heavy atom. The molecule has 3 aromatic rings. The van der Waals surface area contributed by atoms with Crippen LogP contribution in [0.1, 0.15) is 15.9 Å². The number of para-hydroxylation sites is 1. The fourth-order valence-corrected chi connectivity index (χ4v) is 2.93. The van der Waals surface area contributed by atoms with Gasteiger partial charge in [0.2, 0.25) is 0 Å². The van der Waals surface area contributed by atoms with Gasteiger partial charge in [-0.15, -0.1) is 0 Å². The number of hydrogen-bond acceptors (Lipinski definition) is 4. The van der Waals surface area contributed by atoms with E-state index in [1.54, 1.807) is 48.8 Å². The van der Waals surface area contributed by atoms with E-state index in [0.29, 0.717) is 23.4 Å². The summed E-state index contributed by atoms with van der Waals surface area (Å²) in [5.41, 5.74) is 2.71. The van der Waals surface area contributed by atoms with Gasteiger partial charge in [-0.2, -0.15) is 0 Å². The number of hydrogen-bond donors (Lipinski definition) is 2. The lowest BCUT2D eigenvalue weighted by Gasteiger charge is -2.12. The summed E-state index contributed by atoms with van der Waals surface area (Å²) >= 11 is 0. The van der Waals surface area contributed by atoms with Crippen LogP contribution in [-0.2, 0) is 11.2 Å². The Morgan fingerprint density at radius 2 is 1.67 bits per heavy atom. The molecule has 6 heteroatoms. The molecule has 0 spiro atoms. The Kier molecular flexibility index (Phi) is 4.53. The highest BCUT2D eigenvalue weighted by molar-refractivity contribution is 6.04. The van der Waals surface area contributed by atoms with Gasteiger partial charge in [0.15, 0.2) is 6.10 Å². The summed E-state index contributed by atoms with van der Waals surface area (Å²) in [5.74, 6) is 0.287. The molecule has 27 heavy (non-hydrogen) atoms. The monoisotopic (exact) mass is 359 g/mol. The number of carbonyl (C=O) groups is 2. The van der Waals surface area contributed by atoms with E-state index >= 15 is 0 Å². The zero-order valence-electron chi connectivity index (χ0n) is 14.4. The lowest BCUT2D eigenvalue weighted by Crippen LogP contribution is -2.31. The van der Waals surface area contributed by atoms with Gasteiger partial charge in [-0.1, -0.05) is 24.3 Å². The Balaban J connectivity index is 1.41. The zero-order valence-corrected chi connectivity index (χ0v) is 14.4. The molecule has 134 valence electrons. The Bertz CT molecular complexity index is 964. The molecule has 1 atom stereocenters. The minimum atomic E-state index is -0.558. The van der Waals surface area contributed by atoms with Crippen LogP contribution in [0.4, 0.5) is 11.4 Å². The van der Waals surface area contributed by atoms with E-state index in [1.807, 2.05) is 24.3 Å². The van der Waals surface area contributed by atoms with Gasteiger partial charge in [-0.3, -0.25) is 14.6 Å². The molecule has 2 N–H and O–H groups in total. The van der Waals surface area contributed by atoms with E-state index in [-0.39, 0.29) is 11.8 Å². The van der Waals surface area contributed by atoms with Crippen LogP contribution in [0.3, 0.4) is 0 Å². The number of ether oxygens (including phenoxy) is 1. The summed E-state index contributed by atoms with van der Waals surface area (Å²) in [6, 6.07) is 17.9. The van der Waals surface area contributed by atoms with Crippen molar-refractivity contribution < 1.29 is 14.3 Å². The standard InChI is InChI=1S/C21H17N3O3/c25-20(14-8-10-22-11-9-14)23-16-5-3-6-17(13-16)24-21(26)19-12-15-4-1-2-7-18(15)27-19/h1-11,13,19H,12H2,(H,23,25)(H,24,26)/t19-/m1/s1. The second kappa shape index (κ2) is 7.29. The number of pyridine rings is 1. The minimum absolute atomic E-state index is 0.219. The second-order valence-corrected chi connectivity index (χ2v) is 6.18. The molecule has 0 unspecified atom stereocenters. The normalized spacial score (nSPS) is 14.7. The van der Waals surface area contributed by atoms with Gasteiger partial charge in [0.25, 0.3) is 11.8 Å². The first-order valence-corrected chi connectivity index (χ1v) is 8.56. The van der Waals surface area contributed by atoms with Crippen LogP contribution in [0.25, 0.3) is 0 Å². The van der Waals surface area contributed by atoms with Crippen molar-refractivity contribution >= 4 is 23.2 Å². The Morgan fingerprint density at radius 3 is 2.44 bits per heavy atom. The van der Waals surface area contributed by atoms with Gasteiger partial charge in [-0.05, 0) is 42.0 Å². The molecule has 0 aliphatic carbocycles. The first-order chi connectivity index (χ1) is 13.2. The number of carbonyl (C=O) groups excluding carboxylic acids is 2. The lowest BCUT2D eigenvalue weighted by atomic mass is 10.1. The zero-order chi connectivity index (χ0) is 18.6. The third-order valence-electron chi connectivity index (χ3n) is 4.27. The van der Waals surface area contributed by atoms with Gasteiger partial charge in [0.05, 0.1) is 0 Å². The lowest BCUT2D eigenvalue weighted by molar-refractivity contribution is -0.122. The summed E-state index contributed by atoms with van der Waals surface area (Å²) in [6.45, 7) is 0. The van der Waals surface area contributed by atoms with E-state index < -0.39 is 6.10 Å².